The van der Waals surface area contributed by atoms with E-state index in [1.54, 1.807) is 0 Å². The van der Waals surface area contributed by atoms with Gasteiger partial charge in [0.1, 0.15) is 0 Å². The number of rotatable bonds is 6. The lowest BCUT2D eigenvalue weighted by Crippen LogP contribution is -2.20. The number of hydrogen-bond acceptors (Lipinski definition) is 2. The van der Waals surface area contributed by atoms with Crippen LogP contribution in [0, 0.1) is 5.92 Å². The van der Waals surface area contributed by atoms with Crippen molar-refractivity contribution in [3.8, 4) is 0 Å². The van der Waals surface area contributed by atoms with Gasteiger partial charge in [-0.25, -0.2) is 0 Å². The fraction of sp³-hybridized carbons (Fsp3) is 1.00. The topological polar surface area (TPSA) is 12.0 Å². The molecule has 0 saturated heterocycles. The van der Waals surface area contributed by atoms with E-state index in [0.717, 1.165) is 12.5 Å². The van der Waals surface area contributed by atoms with E-state index in [1.807, 2.05) is 11.8 Å². The summed E-state index contributed by atoms with van der Waals surface area (Å²) in [4.78, 5) is 0. The Bertz CT molecular complexity index is 58.3. The van der Waals surface area contributed by atoms with Crippen molar-refractivity contribution in [1.82, 2.24) is 5.32 Å². The number of nitrogens with one attached hydrogen (secondary N) is 1. The standard InChI is InChI=1S/C8H19NS/c1-4-9-7-8(2)5-6-10-3/h8-9H,4-7H2,1-3H3. The van der Waals surface area contributed by atoms with Crippen molar-refractivity contribution in [2.75, 3.05) is 25.1 Å². The van der Waals surface area contributed by atoms with Gasteiger partial charge in [0, 0.05) is 0 Å². The Labute approximate surface area is 69.0 Å². The lowest BCUT2D eigenvalue weighted by molar-refractivity contribution is 0.513. The fourth-order valence-electron chi connectivity index (χ4n) is 0.812. The molecule has 0 aromatic rings. The first-order chi connectivity index (χ1) is 4.81. The molecule has 0 aliphatic carbocycles. The SMILES string of the molecule is CCNCC(C)CCSC. The second kappa shape index (κ2) is 7.42. The van der Waals surface area contributed by atoms with Crippen LogP contribution in [0.2, 0.25) is 0 Å². The van der Waals surface area contributed by atoms with Crippen LogP contribution < -0.4 is 5.32 Å². The molecule has 0 rings (SSSR count). The molecule has 2 heteroatoms. The molecule has 0 aliphatic rings. The van der Waals surface area contributed by atoms with Crippen LogP contribution in [0.5, 0.6) is 0 Å². The zero-order valence-corrected chi connectivity index (χ0v) is 8.13. The minimum atomic E-state index is 0.840. The van der Waals surface area contributed by atoms with Crippen LogP contribution in [0.25, 0.3) is 0 Å². The average molecular weight is 161 g/mol. The molecule has 0 spiro atoms. The molecular weight excluding hydrogens is 142 g/mol. The van der Waals surface area contributed by atoms with Crippen molar-refractivity contribution < 1.29 is 0 Å². The summed E-state index contributed by atoms with van der Waals surface area (Å²) in [5.41, 5.74) is 0. The molecule has 1 nitrogen and oxygen atoms in total. The smallest absolute Gasteiger partial charge is 0.00230 e. The molecule has 1 N–H and O–H groups in total. The Balaban J connectivity index is 3.00. The lowest BCUT2D eigenvalue weighted by Gasteiger charge is -2.09. The first-order valence-corrected chi connectivity index (χ1v) is 5.40. The maximum absolute atomic E-state index is 3.35. The van der Waals surface area contributed by atoms with E-state index in [4.69, 9.17) is 0 Å². The van der Waals surface area contributed by atoms with Gasteiger partial charge in [-0.15, -0.1) is 0 Å². The molecule has 0 aromatic heterocycles. The molecule has 0 saturated carbocycles. The van der Waals surface area contributed by atoms with Crippen LogP contribution in [-0.4, -0.2) is 25.1 Å². The third-order valence-electron chi connectivity index (χ3n) is 1.56. The zero-order chi connectivity index (χ0) is 7.82. The van der Waals surface area contributed by atoms with Gasteiger partial charge in [0.15, 0.2) is 0 Å². The molecule has 0 amide bonds. The van der Waals surface area contributed by atoms with Gasteiger partial charge >= 0.3 is 0 Å². The number of hydrogen-bond donors (Lipinski definition) is 1. The van der Waals surface area contributed by atoms with Crippen molar-refractivity contribution in [2.45, 2.75) is 20.3 Å². The van der Waals surface area contributed by atoms with Gasteiger partial charge in [0.05, 0.1) is 0 Å². The first-order valence-electron chi connectivity index (χ1n) is 4.00. The molecule has 0 fully saturated rings. The molecule has 0 heterocycles. The highest BCUT2D eigenvalue weighted by Gasteiger charge is 1.98. The maximum Gasteiger partial charge on any atom is -0.00230 e. The van der Waals surface area contributed by atoms with Gasteiger partial charge in [-0.1, -0.05) is 13.8 Å². The third-order valence-corrected chi connectivity index (χ3v) is 2.20. The highest BCUT2D eigenvalue weighted by molar-refractivity contribution is 7.98. The average Bonchev–Trinajstić information content (AvgIpc) is 1.97. The summed E-state index contributed by atoms with van der Waals surface area (Å²) in [5, 5.41) is 3.35. The summed E-state index contributed by atoms with van der Waals surface area (Å²) in [6.07, 6.45) is 3.51. The van der Waals surface area contributed by atoms with Crippen LogP contribution in [0.4, 0.5) is 0 Å². The summed E-state index contributed by atoms with van der Waals surface area (Å²) >= 11 is 1.94. The van der Waals surface area contributed by atoms with E-state index >= 15 is 0 Å². The van der Waals surface area contributed by atoms with Gasteiger partial charge in [-0.2, -0.15) is 11.8 Å². The van der Waals surface area contributed by atoms with Crippen molar-refractivity contribution in [3.05, 3.63) is 0 Å². The molecule has 62 valence electrons. The number of thioether (sulfide) groups is 1. The van der Waals surface area contributed by atoms with Crippen molar-refractivity contribution in [3.63, 3.8) is 0 Å². The van der Waals surface area contributed by atoms with Gasteiger partial charge < -0.3 is 5.32 Å². The highest BCUT2D eigenvalue weighted by atomic mass is 32.2. The fourth-order valence-corrected chi connectivity index (χ4v) is 1.45. The van der Waals surface area contributed by atoms with Gasteiger partial charge in [-0.3, -0.25) is 0 Å². The van der Waals surface area contributed by atoms with Crippen LogP contribution >= 0.6 is 11.8 Å². The molecule has 0 bridgehead atoms. The molecule has 0 aromatic carbocycles. The van der Waals surface area contributed by atoms with Gasteiger partial charge in [-0.05, 0) is 37.4 Å². The second-order valence-electron chi connectivity index (χ2n) is 2.69. The van der Waals surface area contributed by atoms with Crippen LogP contribution in [0.1, 0.15) is 20.3 Å². The zero-order valence-electron chi connectivity index (χ0n) is 7.31. The quantitative estimate of drug-likeness (QED) is 0.639. The molecular formula is C8H19NS. The predicted octanol–water partition coefficient (Wildman–Crippen LogP) is 1.99. The highest BCUT2D eigenvalue weighted by Crippen LogP contribution is 2.04. The van der Waals surface area contributed by atoms with Gasteiger partial charge in [0.2, 0.25) is 0 Å². The predicted molar refractivity (Wildman–Crippen MR) is 50.7 cm³/mol. The summed E-state index contributed by atoms with van der Waals surface area (Å²) < 4.78 is 0. The van der Waals surface area contributed by atoms with Gasteiger partial charge in [0.25, 0.3) is 0 Å². The molecule has 0 aliphatic heterocycles. The monoisotopic (exact) mass is 161 g/mol. The minimum Gasteiger partial charge on any atom is -0.317 e. The van der Waals surface area contributed by atoms with E-state index in [9.17, 15) is 0 Å². The third kappa shape index (κ3) is 6.43. The van der Waals surface area contributed by atoms with Crippen LogP contribution in [0.15, 0.2) is 0 Å². The Morgan fingerprint density at radius 1 is 1.50 bits per heavy atom. The lowest BCUT2D eigenvalue weighted by atomic mass is 10.1. The Morgan fingerprint density at radius 2 is 2.20 bits per heavy atom. The van der Waals surface area contributed by atoms with Crippen LogP contribution in [0.3, 0.4) is 0 Å². The normalized spacial score (nSPS) is 13.5. The Kier molecular flexibility index (Phi) is 7.65. The summed E-state index contributed by atoms with van der Waals surface area (Å²) in [5.74, 6) is 2.14. The first kappa shape index (κ1) is 10.3. The summed E-state index contributed by atoms with van der Waals surface area (Å²) in [6.45, 7) is 6.74. The molecule has 0 radical (unpaired) electrons. The van der Waals surface area contributed by atoms with Crippen molar-refractivity contribution in [2.24, 2.45) is 5.92 Å². The largest absolute Gasteiger partial charge is 0.317 e. The maximum atomic E-state index is 3.35. The Hall–Kier alpha value is 0.310. The van der Waals surface area contributed by atoms with Crippen molar-refractivity contribution in [1.29, 1.82) is 0 Å². The second-order valence-corrected chi connectivity index (χ2v) is 3.68. The molecule has 10 heavy (non-hydrogen) atoms. The van der Waals surface area contributed by atoms with E-state index in [2.05, 4.69) is 25.4 Å². The molecule has 1 atom stereocenters. The van der Waals surface area contributed by atoms with E-state index in [1.165, 1.54) is 18.7 Å². The van der Waals surface area contributed by atoms with Crippen LogP contribution in [-0.2, 0) is 0 Å². The van der Waals surface area contributed by atoms with E-state index in [0.29, 0.717) is 0 Å². The summed E-state index contributed by atoms with van der Waals surface area (Å²) in [7, 11) is 0. The van der Waals surface area contributed by atoms with E-state index in [-0.39, 0.29) is 0 Å². The molecule has 1 unspecified atom stereocenters. The van der Waals surface area contributed by atoms with Crippen molar-refractivity contribution >= 4 is 11.8 Å². The Morgan fingerprint density at radius 3 is 2.70 bits per heavy atom. The van der Waals surface area contributed by atoms with E-state index < -0.39 is 0 Å². The minimum absolute atomic E-state index is 0.840. The summed E-state index contributed by atoms with van der Waals surface area (Å²) in [6, 6.07) is 0.